The fourth-order valence-corrected chi connectivity index (χ4v) is 2.34. The number of carbonyl (C=O) groups excluding carboxylic acids is 1. The molecule has 7 heteroatoms. The number of nitrogens with zero attached hydrogens (tertiary/aromatic N) is 1. The van der Waals surface area contributed by atoms with Crippen molar-refractivity contribution in [3.8, 4) is 5.75 Å². The van der Waals surface area contributed by atoms with Crippen LogP contribution >= 0.6 is 15.9 Å². The number of hydrogen-bond donors (Lipinski definition) is 0. The van der Waals surface area contributed by atoms with Crippen molar-refractivity contribution >= 4 is 33.9 Å². The molecular weight excluding hydrogens is 384 g/mol. The normalized spacial score (nSPS) is 15.6. The lowest BCUT2D eigenvalue weighted by molar-refractivity contribution is -0.129. The molecule has 122 valence electrons. The van der Waals surface area contributed by atoms with E-state index in [1.807, 2.05) is 0 Å². The summed E-state index contributed by atoms with van der Waals surface area (Å²) in [7, 11) is 0. The third kappa shape index (κ3) is 3.68. The van der Waals surface area contributed by atoms with Crippen LogP contribution in [0.25, 0.3) is 6.08 Å². The molecule has 0 bridgehead atoms. The van der Waals surface area contributed by atoms with Crippen LogP contribution in [0.2, 0.25) is 0 Å². The highest BCUT2D eigenvalue weighted by Crippen LogP contribution is 2.26. The summed E-state index contributed by atoms with van der Waals surface area (Å²) < 4.78 is 35.3. The van der Waals surface area contributed by atoms with Gasteiger partial charge in [0.15, 0.2) is 5.70 Å². The van der Waals surface area contributed by atoms with E-state index in [0.717, 1.165) is 4.47 Å². The average Bonchev–Trinajstić information content (AvgIpc) is 2.90. The Morgan fingerprint density at radius 2 is 1.83 bits per heavy atom. The molecule has 0 N–H and O–H groups in total. The van der Waals surface area contributed by atoms with E-state index in [-0.39, 0.29) is 17.3 Å². The first-order valence-electron chi connectivity index (χ1n) is 6.85. The Hall–Kier alpha value is -2.54. The summed E-state index contributed by atoms with van der Waals surface area (Å²) in [6, 6.07) is 13.2. The molecule has 24 heavy (non-hydrogen) atoms. The number of hydrogen-bond acceptors (Lipinski definition) is 4. The van der Waals surface area contributed by atoms with Crippen molar-refractivity contribution in [2.75, 3.05) is 0 Å². The lowest BCUT2D eigenvalue weighted by Crippen LogP contribution is -2.05. The molecule has 1 heterocycles. The average molecular weight is 394 g/mol. The standard InChI is InChI=1S/C17H10BrF2NO3/c18-12-7-5-10(6-8-12)15-21-13(16(22)24-15)9-11-3-1-2-4-14(11)23-17(19)20/h1-9,17H/b13-9-. The van der Waals surface area contributed by atoms with Gasteiger partial charge in [0.2, 0.25) is 5.90 Å². The highest BCUT2D eigenvalue weighted by molar-refractivity contribution is 9.10. The number of rotatable bonds is 4. The summed E-state index contributed by atoms with van der Waals surface area (Å²) in [4.78, 5) is 16.1. The van der Waals surface area contributed by atoms with E-state index in [4.69, 9.17) is 4.74 Å². The number of esters is 1. The first kappa shape index (κ1) is 16.3. The molecule has 1 aliphatic rings. The number of ether oxygens (including phenoxy) is 2. The van der Waals surface area contributed by atoms with E-state index >= 15 is 0 Å². The van der Waals surface area contributed by atoms with Gasteiger partial charge in [0.25, 0.3) is 0 Å². The molecular formula is C17H10BrF2NO3. The summed E-state index contributed by atoms with van der Waals surface area (Å²) in [5.74, 6) is -0.536. The molecule has 3 rings (SSSR count). The van der Waals surface area contributed by atoms with Gasteiger partial charge in [0, 0.05) is 15.6 Å². The van der Waals surface area contributed by atoms with Crippen LogP contribution in [-0.2, 0) is 9.53 Å². The van der Waals surface area contributed by atoms with Gasteiger partial charge in [-0.25, -0.2) is 9.79 Å². The van der Waals surface area contributed by atoms with Crippen LogP contribution in [0.3, 0.4) is 0 Å². The summed E-state index contributed by atoms with van der Waals surface area (Å²) in [6.45, 7) is -2.96. The van der Waals surface area contributed by atoms with Crippen LogP contribution in [0.4, 0.5) is 8.78 Å². The van der Waals surface area contributed by atoms with E-state index in [1.54, 1.807) is 42.5 Å². The first-order chi connectivity index (χ1) is 11.5. The molecule has 4 nitrogen and oxygen atoms in total. The lowest BCUT2D eigenvalue weighted by atomic mass is 10.1. The SMILES string of the molecule is O=C1OC(c2ccc(Br)cc2)=N/C1=C\c1ccccc1OC(F)F. The Morgan fingerprint density at radius 3 is 2.54 bits per heavy atom. The van der Waals surface area contributed by atoms with Gasteiger partial charge in [-0.1, -0.05) is 34.1 Å². The minimum Gasteiger partial charge on any atom is -0.434 e. The van der Waals surface area contributed by atoms with E-state index < -0.39 is 12.6 Å². The topological polar surface area (TPSA) is 47.9 Å². The van der Waals surface area contributed by atoms with Gasteiger partial charge in [0.1, 0.15) is 5.75 Å². The van der Waals surface area contributed by atoms with Crippen LogP contribution < -0.4 is 4.74 Å². The summed E-state index contributed by atoms with van der Waals surface area (Å²) in [5, 5.41) is 0. The van der Waals surface area contributed by atoms with Crippen molar-refractivity contribution in [2.24, 2.45) is 4.99 Å². The number of aliphatic imine (C=N–C) groups is 1. The van der Waals surface area contributed by atoms with Crippen molar-refractivity contribution in [2.45, 2.75) is 6.61 Å². The van der Waals surface area contributed by atoms with Gasteiger partial charge in [-0.3, -0.25) is 0 Å². The second-order valence-corrected chi connectivity index (χ2v) is 5.67. The second kappa shape index (κ2) is 6.92. The van der Waals surface area contributed by atoms with Crippen molar-refractivity contribution in [1.82, 2.24) is 0 Å². The van der Waals surface area contributed by atoms with Crippen LogP contribution in [0, 0.1) is 0 Å². The molecule has 0 aliphatic carbocycles. The Labute approximate surface area is 144 Å². The van der Waals surface area contributed by atoms with Gasteiger partial charge in [-0.2, -0.15) is 8.78 Å². The fourth-order valence-electron chi connectivity index (χ4n) is 2.08. The third-order valence-corrected chi connectivity index (χ3v) is 3.67. The Balaban J connectivity index is 1.93. The molecule has 0 radical (unpaired) electrons. The summed E-state index contributed by atoms with van der Waals surface area (Å²) in [6.07, 6.45) is 1.35. The zero-order valence-electron chi connectivity index (χ0n) is 12.1. The lowest BCUT2D eigenvalue weighted by Gasteiger charge is -2.07. The van der Waals surface area contributed by atoms with Gasteiger partial charge >= 0.3 is 12.6 Å². The van der Waals surface area contributed by atoms with E-state index in [9.17, 15) is 13.6 Å². The van der Waals surface area contributed by atoms with Crippen LogP contribution in [0.5, 0.6) is 5.75 Å². The Bertz CT molecular complexity index is 832. The minimum atomic E-state index is -2.96. The smallest absolute Gasteiger partial charge is 0.387 e. The van der Waals surface area contributed by atoms with Crippen LogP contribution in [-0.4, -0.2) is 18.5 Å². The second-order valence-electron chi connectivity index (χ2n) is 4.76. The molecule has 0 saturated carbocycles. The van der Waals surface area contributed by atoms with Crippen LogP contribution in [0.15, 0.2) is 63.7 Å². The first-order valence-corrected chi connectivity index (χ1v) is 7.64. The predicted molar refractivity (Wildman–Crippen MR) is 87.8 cm³/mol. The van der Waals surface area contributed by atoms with E-state index in [1.165, 1.54) is 12.1 Å². The maximum absolute atomic E-state index is 12.4. The molecule has 0 amide bonds. The van der Waals surface area contributed by atoms with Crippen molar-refractivity contribution in [3.63, 3.8) is 0 Å². The molecule has 0 unspecified atom stereocenters. The van der Waals surface area contributed by atoms with E-state index in [2.05, 4.69) is 25.7 Å². The quantitative estimate of drug-likeness (QED) is 0.571. The zero-order valence-corrected chi connectivity index (χ0v) is 13.7. The molecule has 0 aromatic heterocycles. The molecule has 2 aromatic carbocycles. The fraction of sp³-hybridized carbons (Fsp3) is 0.0588. The third-order valence-electron chi connectivity index (χ3n) is 3.14. The number of carbonyl (C=O) groups is 1. The zero-order chi connectivity index (χ0) is 17.1. The number of alkyl halides is 2. The van der Waals surface area contributed by atoms with Gasteiger partial charge in [-0.15, -0.1) is 0 Å². The van der Waals surface area contributed by atoms with Crippen LogP contribution in [0.1, 0.15) is 11.1 Å². The number of cyclic esters (lactones) is 1. The van der Waals surface area contributed by atoms with Gasteiger partial charge < -0.3 is 9.47 Å². The predicted octanol–water partition coefficient (Wildman–Crippen LogP) is 4.40. The maximum atomic E-state index is 12.4. The minimum absolute atomic E-state index is 0.0123. The molecule has 0 atom stereocenters. The van der Waals surface area contributed by atoms with Crippen molar-refractivity contribution in [3.05, 3.63) is 69.8 Å². The highest BCUT2D eigenvalue weighted by Gasteiger charge is 2.24. The number of halogens is 3. The maximum Gasteiger partial charge on any atom is 0.387 e. The summed E-state index contributed by atoms with van der Waals surface area (Å²) >= 11 is 3.32. The van der Waals surface area contributed by atoms with Gasteiger partial charge in [0.05, 0.1) is 0 Å². The number of para-hydroxylation sites is 1. The molecule has 0 spiro atoms. The molecule has 2 aromatic rings. The van der Waals surface area contributed by atoms with Crippen molar-refractivity contribution < 1.29 is 23.0 Å². The molecule has 1 aliphatic heterocycles. The Morgan fingerprint density at radius 1 is 1.12 bits per heavy atom. The Kier molecular flexibility index (Phi) is 4.71. The monoisotopic (exact) mass is 393 g/mol. The van der Waals surface area contributed by atoms with Crippen molar-refractivity contribution in [1.29, 1.82) is 0 Å². The summed E-state index contributed by atoms with van der Waals surface area (Å²) in [5.41, 5.74) is 0.954. The highest BCUT2D eigenvalue weighted by atomic mass is 79.9. The van der Waals surface area contributed by atoms with Gasteiger partial charge in [-0.05, 0) is 36.4 Å². The largest absolute Gasteiger partial charge is 0.434 e. The molecule has 0 fully saturated rings. The molecule has 0 saturated heterocycles. The van der Waals surface area contributed by atoms with E-state index in [0.29, 0.717) is 11.1 Å². The number of benzene rings is 2.